The van der Waals surface area contributed by atoms with E-state index in [1.165, 1.54) is 11.1 Å². The molecule has 0 spiro atoms. The van der Waals surface area contributed by atoms with Gasteiger partial charge in [0.25, 0.3) is 0 Å². The quantitative estimate of drug-likeness (QED) is 0.924. The van der Waals surface area contributed by atoms with Crippen molar-refractivity contribution in [2.75, 3.05) is 7.11 Å². The van der Waals surface area contributed by atoms with Crippen LogP contribution in [0.4, 0.5) is 0 Å². The van der Waals surface area contributed by atoms with E-state index in [9.17, 15) is 0 Å². The Kier molecular flexibility index (Phi) is 4.61. The van der Waals surface area contributed by atoms with E-state index in [2.05, 4.69) is 35.0 Å². The van der Waals surface area contributed by atoms with Crippen LogP contribution in [0.3, 0.4) is 0 Å². The summed E-state index contributed by atoms with van der Waals surface area (Å²) in [5, 5.41) is 0. The molecule has 0 bridgehead atoms. The van der Waals surface area contributed by atoms with Crippen molar-refractivity contribution >= 4 is 15.9 Å². The molecule has 1 atom stereocenters. The molecule has 0 saturated heterocycles. The normalized spacial score (nSPS) is 12.2. The first-order valence-electron chi connectivity index (χ1n) is 6.25. The molecule has 0 aliphatic rings. The Hall–Kier alpha value is -1.32. The molecule has 0 fully saturated rings. The first-order valence-corrected chi connectivity index (χ1v) is 7.04. The molecule has 100 valence electrons. The van der Waals surface area contributed by atoms with Gasteiger partial charge in [0.1, 0.15) is 5.75 Å². The standard InChI is InChI=1S/C16H18BrNO/c1-11-5-3-4-6-12(11)9-15(18)14-8-7-13(17)10-16(14)19-2/h3-8,10,15H,9,18H2,1-2H3. The monoisotopic (exact) mass is 319 g/mol. The first-order chi connectivity index (χ1) is 9.11. The van der Waals surface area contributed by atoms with E-state index in [1.54, 1.807) is 7.11 Å². The maximum Gasteiger partial charge on any atom is 0.124 e. The average Bonchev–Trinajstić information content (AvgIpc) is 2.41. The second kappa shape index (κ2) is 6.22. The van der Waals surface area contributed by atoms with Crippen molar-refractivity contribution in [1.82, 2.24) is 0 Å². The van der Waals surface area contributed by atoms with Crippen LogP contribution in [0.15, 0.2) is 46.9 Å². The van der Waals surface area contributed by atoms with E-state index in [4.69, 9.17) is 10.5 Å². The van der Waals surface area contributed by atoms with Crippen molar-refractivity contribution in [2.45, 2.75) is 19.4 Å². The molecule has 19 heavy (non-hydrogen) atoms. The maximum absolute atomic E-state index is 6.33. The minimum atomic E-state index is -0.0656. The molecule has 2 aromatic rings. The zero-order chi connectivity index (χ0) is 13.8. The van der Waals surface area contributed by atoms with Crippen molar-refractivity contribution in [2.24, 2.45) is 5.73 Å². The largest absolute Gasteiger partial charge is 0.496 e. The van der Waals surface area contributed by atoms with Gasteiger partial charge in [0.05, 0.1) is 7.11 Å². The summed E-state index contributed by atoms with van der Waals surface area (Å²) >= 11 is 3.44. The van der Waals surface area contributed by atoms with E-state index < -0.39 is 0 Å². The van der Waals surface area contributed by atoms with Gasteiger partial charge in [-0.1, -0.05) is 46.3 Å². The fraction of sp³-hybridized carbons (Fsp3) is 0.250. The predicted molar refractivity (Wildman–Crippen MR) is 82.5 cm³/mol. The molecule has 0 aromatic heterocycles. The smallest absolute Gasteiger partial charge is 0.124 e. The van der Waals surface area contributed by atoms with E-state index >= 15 is 0 Å². The maximum atomic E-state index is 6.33. The fourth-order valence-electron chi connectivity index (χ4n) is 2.18. The molecule has 2 rings (SSSR count). The van der Waals surface area contributed by atoms with Crippen LogP contribution in [0.1, 0.15) is 22.7 Å². The molecule has 0 aliphatic heterocycles. The SMILES string of the molecule is COc1cc(Br)ccc1C(N)Cc1ccccc1C. The molecule has 0 radical (unpaired) electrons. The summed E-state index contributed by atoms with van der Waals surface area (Å²) in [7, 11) is 1.67. The van der Waals surface area contributed by atoms with E-state index in [1.807, 2.05) is 30.3 Å². The second-order valence-corrected chi connectivity index (χ2v) is 5.54. The van der Waals surface area contributed by atoms with E-state index in [-0.39, 0.29) is 6.04 Å². The molecular formula is C16H18BrNO. The summed E-state index contributed by atoms with van der Waals surface area (Å²) in [6.07, 6.45) is 0.810. The number of hydrogen-bond donors (Lipinski definition) is 1. The molecule has 0 amide bonds. The van der Waals surface area contributed by atoms with Gasteiger partial charge >= 0.3 is 0 Å². The summed E-state index contributed by atoms with van der Waals surface area (Å²) in [5.74, 6) is 0.829. The van der Waals surface area contributed by atoms with E-state index in [0.717, 1.165) is 22.2 Å². The number of ether oxygens (including phenoxy) is 1. The lowest BCUT2D eigenvalue weighted by molar-refractivity contribution is 0.405. The minimum absolute atomic E-state index is 0.0656. The van der Waals surface area contributed by atoms with Gasteiger partial charge in [0.15, 0.2) is 0 Å². The van der Waals surface area contributed by atoms with Gasteiger partial charge in [-0.3, -0.25) is 0 Å². The third-order valence-corrected chi connectivity index (χ3v) is 3.79. The average molecular weight is 320 g/mol. The number of halogens is 1. The lowest BCUT2D eigenvalue weighted by Gasteiger charge is -2.17. The van der Waals surface area contributed by atoms with Gasteiger partial charge in [-0.25, -0.2) is 0 Å². The van der Waals surface area contributed by atoms with Crippen molar-refractivity contribution in [3.05, 3.63) is 63.6 Å². The Morgan fingerprint density at radius 3 is 2.63 bits per heavy atom. The van der Waals surface area contributed by atoms with Gasteiger partial charge in [-0.15, -0.1) is 0 Å². The van der Waals surface area contributed by atoms with Crippen LogP contribution in [-0.4, -0.2) is 7.11 Å². The molecular weight excluding hydrogens is 302 g/mol. The Bertz CT molecular complexity index is 568. The van der Waals surface area contributed by atoms with E-state index in [0.29, 0.717) is 0 Å². The number of benzene rings is 2. The lowest BCUT2D eigenvalue weighted by atomic mass is 9.96. The third-order valence-electron chi connectivity index (χ3n) is 3.30. The highest BCUT2D eigenvalue weighted by molar-refractivity contribution is 9.10. The highest BCUT2D eigenvalue weighted by Gasteiger charge is 2.13. The summed E-state index contributed by atoms with van der Waals surface area (Å²) < 4.78 is 6.40. The second-order valence-electron chi connectivity index (χ2n) is 4.62. The summed E-state index contributed by atoms with van der Waals surface area (Å²) in [6.45, 7) is 2.11. The number of rotatable bonds is 4. The number of aryl methyl sites for hydroxylation is 1. The number of methoxy groups -OCH3 is 1. The molecule has 3 heteroatoms. The minimum Gasteiger partial charge on any atom is -0.496 e. The summed E-state index contributed by atoms with van der Waals surface area (Å²) in [5.41, 5.74) is 9.91. The zero-order valence-electron chi connectivity index (χ0n) is 11.2. The van der Waals surface area contributed by atoms with Crippen LogP contribution in [0, 0.1) is 6.92 Å². The lowest BCUT2D eigenvalue weighted by Crippen LogP contribution is -2.15. The highest BCUT2D eigenvalue weighted by Crippen LogP contribution is 2.29. The molecule has 2 nitrogen and oxygen atoms in total. The Morgan fingerprint density at radius 2 is 1.95 bits per heavy atom. The van der Waals surface area contributed by atoms with Crippen molar-refractivity contribution in [1.29, 1.82) is 0 Å². The summed E-state index contributed by atoms with van der Waals surface area (Å²) in [6, 6.07) is 14.2. The Balaban J connectivity index is 2.25. The topological polar surface area (TPSA) is 35.2 Å². The van der Waals surface area contributed by atoms with Crippen LogP contribution >= 0.6 is 15.9 Å². The Labute approximate surface area is 122 Å². The fourth-order valence-corrected chi connectivity index (χ4v) is 2.52. The molecule has 0 heterocycles. The molecule has 1 unspecified atom stereocenters. The first kappa shape index (κ1) is 14.1. The van der Waals surface area contributed by atoms with Gasteiger partial charge in [-0.05, 0) is 36.6 Å². The van der Waals surface area contributed by atoms with Gasteiger partial charge in [0.2, 0.25) is 0 Å². The van der Waals surface area contributed by atoms with Gasteiger partial charge in [-0.2, -0.15) is 0 Å². The van der Waals surface area contributed by atoms with Crippen molar-refractivity contribution in [3.8, 4) is 5.75 Å². The van der Waals surface area contributed by atoms with Crippen LogP contribution in [0.2, 0.25) is 0 Å². The van der Waals surface area contributed by atoms with Crippen molar-refractivity contribution < 1.29 is 4.74 Å². The van der Waals surface area contributed by atoms with Crippen LogP contribution in [0.25, 0.3) is 0 Å². The summed E-state index contributed by atoms with van der Waals surface area (Å²) in [4.78, 5) is 0. The van der Waals surface area contributed by atoms with Crippen molar-refractivity contribution in [3.63, 3.8) is 0 Å². The van der Waals surface area contributed by atoms with Gasteiger partial charge < -0.3 is 10.5 Å². The molecule has 2 N–H and O–H groups in total. The van der Waals surface area contributed by atoms with Gasteiger partial charge in [0, 0.05) is 16.1 Å². The predicted octanol–water partition coefficient (Wildman–Crippen LogP) is 4.01. The Morgan fingerprint density at radius 1 is 1.21 bits per heavy atom. The zero-order valence-corrected chi connectivity index (χ0v) is 12.8. The third kappa shape index (κ3) is 3.37. The molecule has 0 saturated carbocycles. The van der Waals surface area contributed by atoms with Crippen LogP contribution in [-0.2, 0) is 6.42 Å². The molecule has 2 aromatic carbocycles. The number of hydrogen-bond acceptors (Lipinski definition) is 2. The van der Waals surface area contributed by atoms with Crippen LogP contribution in [0.5, 0.6) is 5.75 Å². The van der Waals surface area contributed by atoms with Crippen LogP contribution < -0.4 is 10.5 Å². The molecule has 0 aliphatic carbocycles. The highest BCUT2D eigenvalue weighted by atomic mass is 79.9. The number of nitrogens with two attached hydrogens (primary N) is 1.